The largest absolute Gasteiger partial charge is 0.433 e. The van der Waals surface area contributed by atoms with Gasteiger partial charge in [-0.2, -0.15) is 0 Å². The number of carbonyl (C=O) groups is 1. The van der Waals surface area contributed by atoms with E-state index in [1.807, 2.05) is 4.90 Å². The lowest BCUT2D eigenvalue weighted by Crippen LogP contribution is -2.47. The molecule has 1 saturated heterocycles. The van der Waals surface area contributed by atoms with Crippen LogP contribution in [0, 0.1) is 0 Å². The second-order valence-electron chi connectivity index (χ2n) is 4.44. The Kier molecular flexibility index (Phi) is 3.38. The molecule has 1 fully saturated rings. The Balaban J connectivity index is 2.03. The van der Waals surface area contributed by atoms with Gasteiger partial charge >= 0.3 is 5.97 Å². The molecule has 0 unspecified atom stereocenters. The van der Waals surface area contributed by atoms with E-state index in [1.54, 1.807) is 18.3 Å². The van der Waals surface area contributed by atoms with Crippen molar-refractivity contribution in [1.82, 2.24) is 4.98 Å². The highest BCUT2D eigenvalue weighted by atomic mass is 16.7. The minimum absolute atomic E-state index is 0.350. The third-order valence-corrected chi connectivity index (χ3v) is 2.99. The number of rotatable bonds is 2. The molecule has 6 nitrogen and oxygen atoms in total. The van der Waals surface area contributed by atoms with E-state index in [0.29, 0.717) is 37.4 Å². The maximum Gasteiger partial charge on any atom is 0.305 e. The molecule has 0 aromatic carbocycles. The maximum atomic E-state index is 10.9. The molecule has 0 spiro atoms. The molecule has 1 aliphatic heterocycles. The first-order valence-electron chi connectivity index (χ1n) is 5.87. The molecule has 2 heterocycles. The van der Waals surface area contributed by atoms with Crippen molar-refractivity contribution >= 4 is 17.5 Å². The van der Waals surface area contributed by atoms with Gasteiger partial charge < -0.3 is 20.5 Å². The predicted octanol–water partition coefficient (Wildman–Crippen LogP) is 0.516. The Morgan fingerprint density at radius 1 is 1.56 bits per heavy atom. The summed E-state index contributed by atoms with van der Waals surface area (Å²) < 4.78 is 4.93. The van der Waals surface area contributed by atoms with Gasteiger partial charge in [-0.05, 0) is 12.1 Å². The van der Waals surface area contributed by atoms with E-state index < -0.39 is 11.8 Å². The molecule has 1 aliphatic rings. The van der Waals surface area contributed by atoms with Crippen LogP contribution < -0.4 is 10.6 Å². The Morgan fingerprint density at radius 2 is 2.22 bits per heavy atom. The molecule has 98 valence electrons. The maximum absolute atomic E-state index is 10.9. The first kappa shape index (κ1) is 12.6. The average molecular weight is 251 g/mol. The highest BCUT2D eigenvalue weighted by Gasteiger charge is 2.35. The topological polar surface area (TPSA) is 88.7 Å². The van der Waals surface area contributed by atoms with Crippen LogP contribution in [0.2, 0.25) is 0 Å². The third kappa shape index (κ3) is 2.70. The second-order valence-corrected chi connectivity index (χ2v) is 4.44. The number of aromatic nitrogens is 1. The number of piperidine rings is 1. The Hall–Kier alpha value is -1.82. The Labute approximate surface area is 105 Å². The van der Waals surface area contributed by atoms with Gasteiger partial charge in [0.1, 0.15) is 0 Å². The van der Waals surface area contributed by atoms with Crippen molar-refractivity contribution in [2.45, 2.75) is 25.6 Å². The van der Waals surface area contributed by atoms with E-state index in [9.17, 15) is 9.90 Å². The number of nitrogens with zero attached hydrogens (tertiary/aromatic N) is 2. The number of aliphatic hydroxyl groups is 1. The van der Waals surface area contributed by atoms with E-state index in [-0.39, 0.29) is 0 Å². The van der Waals surface area contributed by atoms with Crippen LogP contribution in [-0.4, -0.2) is 34.9 Å². The molecular formula is C12H17N3O3. The van der Waals surface area contributed by atoms with Gasteiger partial charge in [0.15, 0.2) is 5.82 Å². The third-order valence-electron chi connectivity index (χ3n) is 2.99. The molecule has 0 amide bonds. The van der Waals surface area contributed by atoms with Gasteiger partial charge in [0.2, 0.25) is 5.79 Å². The minimum atomic E-state index is -1.36. The van der Waals surface area contributed by atoms with Crippen LogP contribution in [0.5, 0.6) is 0 Å². The van der Waals surface area contributed by atoms with Crippen LogP contribution in [0.3, 0.4) is 0 Å². The van der Waals surface area contributed by atoms with Gasteiger partial charge in [-0.1, -0.05) is 0 Å². The first-order chi connectivity index (χ1) is 8.50. The summed E-state index contributed by atoms with van der Waals surface area (Å²) >= 11 is 0. The zero-order valence-electron chi connectivity index (χ0n) is 10.3. The van der Waals surface area contributed by atoms with Crippen LogP contribution in [0.25, 0.3) is 0 Å². The first-order valence-corrected chi connectivity index (χ1v) is 5.87. The van der Waals surface area contributed by atoms with Crippen molar-refractivity contribution in [3.05, 3.63) is 18.3 Å². The van der Waals surface area contributed by atoms with Crippen molar-refractivity contribution in [1.29, 1.82) is 0 Å². The summed E-state index contributed by atoms with van der Waals surface area (Å²) in [6.07, 6.45) is 2.38. The number of pyridine rings is 1. The van der Waals surface area contributed by atoms with Crippen molar-refractivity contribution in [2.75, 3.05) is 23.7 Å². The molecular weight excluding hydrogens is 234 g/mol. The van der Waals surface area contributed by atoms with Crippen LogP contribution in [0.4, 0.5) is 11.5 Å². The lowest BCUT2D eigenvalue weighted by Gasteiger charge is -2.37. The van der Waals surface area contributed by atoms with E-state index in [2.05, 4.69) is 4.98 Å². The second kappa shape index (κ2) is 4.81. The monoisotopic (exact) mass is 251 g/mol. The summed E-state index contributed by atoms with van der Waals surface area (Å²) in [5.41, 5.74) is 6.45. The number of nitrogen functional groups attached to an aromatic ring is 1. The van der Waals surface area contributed by atoms with Gasteiger partial charge in [0, 0.05) is 39.1 Å². The van der Waals surface area contributed by atoms with Gasteiger partial charge in [-0.25, -0.2) is 4.98 Å². The summed E-state index contributed by atoms with van der Waals surface area (Å²) in [7, 11) is 0. The van der Waals surface area contributed by atoms with Crippen LogP contribution in [-0.2, 0) is 9.53 Å². The molecule has 0 atom stereocenters. The zero-order chi connectivity index (χ0) is 13.2. The summed E-state index contributed by atoms with van der Waals surface area (Å²) in [4.78, 5) is 17.1. The molecule has 18 heavy (non-hydrogen) atoms. The Bertz CT molecular complexity index is 442. The van der Waals surface area contributed by atoms with Gasteiger partial charge in [0.05, 0.1) is 5.69 Å². The lowest BCUT2D eigenvalue weighted by atomic mass is 10.0. The molecule has 3 N–H and O–H groups in total. The highest BCUT2D eigenvalue weighted by molar-refractivity contribution is 5.66. The molecule has 0 radical (unpaired) electrons. The fraction of sp³-hybridized carbons (Fsp3) is 0.500. The van der Waals surface area contributed by atoms with E-state index >= 15 is 0 Å². The molecule has 2 rings (SSSR count). The Morgan fingerprint density at radius 3 is 2.78 bits per heavy atom. The standard InChI is InChI=1S/C12H17N3O3/c1-9(16)18-12(17)4-7-15(8-5-12)11-10(13)3-2-6-14-11/h2-3,6,17H,4-5,7-8,13H2,1H3. The quantitative estimate of drug-likeness (QED) is 0.588. The average Bonchev–Trinajstić information content (AvgIpc) is 2.30. The van der Waals surface area contributed by atoms with Crippen LogP contribution in [0.1, 0.15) is 19.8 Å². The number of anilines is 2. The fourth-order valence-electron chi connectivity index (χ4n) is 2.11. The molecule has 0 saturated carbocycles. The van der Waals surface area contributed by atoms with Crippen molar-refractivity contribution in [3.8, 4) is 0 Å². The van der Waals surface area contributed by atoms with Gasteiger partial charge in [-0.3, -0.25) is 4.79 Å². The number of esters is 1. The van der Waals surface area contributed by atoms with Gasteiger partial charge in [0.25, 0.3) is 0 Å². The normalized spacial score (nSPS) is 18.4. The fourth-order valence-corrected chi connectivity index (χ4v) is 2.11. The number of ether oxygens (including phenoxy) is 1. The van der Waals surface area contributed by atoms with Crippen LogP contribution in [0.15, 0.2) is 18.3 Å². The van der Waals surface area contributed by atoms with Crippen molar-refractivity contribution in [2.24, 2.45) is 0 Å². The highest BCUT2D eigenvalue weighted by Crippen LogP contribution is 2.28. The van der Waals surface area contributed by atoms with Gasteiger partial charge in [-0.15, -0.1) is 0 Å². The van der Waals surface area contributed by atoms with E-state index in [0.717, 1.165) is 0 Å². The molecule has 6 heteroatoms. The van der Waals surface area contributed by atoms with E-state index in [4.69, 9.17) is 10.5 Å². The minimum Gasteiger partial charge on any atom is -0.433 e. The van der Waals surface area contributed by atoms with Crippen molar-refractivity contribution in [3.63, 3.8) is 0 Å². The number of hydrogen-bond donors (Lipinski definition) is 2. The van der Waals surface area contributed by atoms with E-state index in [1.165, 1.54) is 6.92 Å². The molecule has 0 aliphatic carbocycles. The summed E-state index contributed by atoms with van der Waals surface area (Å²) in [6.45, 7) is 2.39. The lowest BCUT2D eigenvalue weighted by molar-refractivity contribution is -0.214. The number of carbonyl (C=O) groups excluding carboxylic acids is 1. The summed E-state index contributed by atoms with van der Waals surface area (Å²) in [6, 6.07) is 3.56. The summed E-state index contributed by atoms with van der Waals surface area (Å²) in [5, 5.41) is 10.1. The smallest absolute Gasteiger partial charge is 0.305 e. The predicted molar refractivity (Wildman–Crippen MR) is 66.8 cm³/mol. The van der Waals surface area contributed by atoms with Crippen molar-refractivity contribution < 1.29 is 14.6 Å². The number of nitrogens with two attached hydrogens (primary N) is 1. The zero-order valence-corrected chi connectivity index (χ0v) is 10.3. The summed E-state index contributed by atoms with van der Waals surface area (Å²) in [5.74, 6) is -1.11. The number of hydrogen-bond acceptors (Lipinski definition) is 6. The molecule has 1 aromatic heterocycles. The SMILES string of the molecule is CC(=O)OC1(O)CCN(c2ncccc2N)CC1. The molecule has 1 aromatic rings. The van der Waals surface area contributed by atoms with Crippen LogP contribution >= 0.6 is 0 Å². The molecule has 0 bridgehead atoms.